The number of methoxy groups -OCH3 is 1. The smallest absolute Gasteiger partial charge is 0.346 e. The monoisotopic (exact) mass is 447 g/mol. The van der Waals surface area contributed by atoms with Crippen LogP contribution in [0.25, 0.3) is 0 Å². The largest absolute Gasteiger partial charge is 0.466 e. The molecule has 7 heteroatoms. The maximum Gasteiger partial charge on any atom is 0.346 e. The first kappa shape index (κ1) is 20.4. The predicted molar refractivity (Wildman–Crippen MR) is 99.2 cm³/mol. The van der Waals surface area contributed by atoms with Crippen molar-refractivity contribution in [3.05, 3.63) is 35.9 Å². The van der Waals surface area contributed by atoms with Crippen LogP contribution in [0.1, 0.15) is 19.4 Å². The molecule has 0 aliphatic heterocycles. The summed E-state index contributed by atoms with van der Waals surface area (Å²) >= 11 is 2.14. The van der Waals surface area contributed by atoms with Crippen LogP contribution in [0.3, 0.4) is 0 Å². The highest BCUT2D eigenvalue weighted by molar-refractivity contribution is 14.1. The van der Waals surface area contributed by atoms with E-state index in [1.54, 1.807) is 13.8 Å². The zero-order chi connectivity index (χ0) is 18.0. The van der Waals surface area contributed by atoms with Crippen molar-refractivity contribution in [2.45, 2.75) is 20.3 Å². The van der Waals surface area contributed by atoms with Gasteiger partial charge >= 0.3 is 11.9 Å². The molecule has 6 nitrogen and oxygen atoms in total. The van der Waals surface area contributed by atoms with Crippen LogP contribution in [0.5, 0.6) is 0 Å². The van der Waals surface area contributed by atoms with Crippen LogP contribution in [-0.4, -0.2) is 42.4 Å². The van der Waals surface area contributed by atoms with Crippen LogP contribution < -0.4 is 0 Å². The molecule has 0 aliphatic carbocycles. The van der Waals surface area contributed by atoms with Crippen LogP contribution in [0.15, 0.2) is 35.5 Å². The molecule has 0 radical (unpaired) electrons. The summed E-state index contributed by atoms with van der Waals surface area (Å²) < 4.78 is 10.2. The van der Waals surface area contributed by atoms with Crippen molar-refractivity contribution in [3.63, 3.8) is 0 Å². The summed E-state index contributed by atoms with van der Waals surface area (Å²) in [4.78, 5) is 28.8. The summed E-state index contributed by atoms with van der Waals surface area (Å²) in [5.41, 5.74) is 0.501. The summed E-state index contributed by atoms with van der Waals surface area (Å²) in [5, 5.41) is 3.97. The third kappa shape index (κ3) is 5.47. The first-order valence-electron chi connectivity index (χ1n) is 7.51. The van der Waals surface area contributed by atoms with E-state index in [0.29, 0.717) is 16.6 Å². The number of carbonyl (C=O) groups excluding carboxylic acids is 2. The van der Waals surface area contributed by atoms with E-state index in [1.807, 2.05) is 30.3 Å². The first-order valence-corrected chi connectivity index (χ1v) is 9.03. The molecule has 0 heterocycles. The van der Waals surface area contributed by atoms with E-state index in [4.69, 9.17) is 9.57 Å². The van der Waals surface area contributed by atoms with Gasteiger partial charge in [-0.05, 0) is 25.8 Å². The molecule has 0 aliphatic rings. The molecule has 0 spiro atoms. The van der Waals surface area contributed by atoms with Gasteiger partial charge in [0.15, 0.2) is 0 Å². The van der Waals surface area contributed by atoms with Gasteiger partial charge in [-0.3, -0.25) is 4.79 Å². The van der Waals surface area contributed by atoms with Gasteiger partial charge < -0.3 is 14.3 Å². The highest BCUT2D eigenvalue weighted by Gasteiger charge is 2.43. The quantitative estimate of drug-likeness (QED) is 0.191. The predicted octanol–water partition coefficient (Wildman–Crippen LogP) is 2.78. The first-order chi connectivity index (χ1) is 11.5. The van der Waals surface area contributed by atoms with Crippen molar-refractivity contribution in [2.75, 3.05) is 24.8 Å². The number of carbonyl (C=O) groups is 2. The lowest BCUT2D eigenvalue weighted by atomic mass is 9.79. The minimum atomic E-state index is -0.950. The lowest BCUT2D eigenvalue weighted by Gasteiger charge is -2.29. The summed E-state index contributed by atoms with van der Waals surface area (Å²) in [6.07, 6.45) is 0.437. The maximum atomic E-state index is 12.6. The fourth-order valence-electron chi connectivity index (χ4n) is 2.09. The number of hydrogen-bond donors (Lipinski definition) is 0. The van der Waals surface area contributed by atoms with Gasteiger partial charge in [0, 0.05) is 4.43 Å². The number of alkyl halides is 1. The Balaban J connectivity index is 3.08. The number of hydrogen-bond acceptors (Lipinski definition) is 6. The molecule has 0 aromatic heterocycles. The Bertz CT molecular complexity index is 576. The number of nitrogens with zero attached hydrogens (tertiary/aromatic N) is 1. The summed E-state index contributed by atoms with van der Waals surface area (Å²) in [6, 6.07) is 9.64. The highest BCUT2D eigenvalue weighted by atomic mass is 127. The van der Waals surface area contributed by atoms with E-state index in [-0.39, 0.29) is 19.2 Å². The summed E-state index contributed by atoms with van der Waals surface area (Å²) in [5.74, 6) is -0.892. The van der Waals surface area contributed by atoms with Gasteiger partial charge in [0.1, 0.15) is 5.41 Å². The number of halogens is 1. The van der Waals surface area contributed by atoms with Crippen molar-refractivity contribution < 1.29 is 23.9 Å². The SMILES string of the molecule is CCOC(=O)C(CI)(Cc1ccccc1)/C(C)=N/OCC(=O)OC. The Kier molecular flexibility index (Phi) is 8.73. The molecule has 0 saturated heterocycles. The molecular weight excluding hydrogens is 425 g/mol. The Hall–Kier alpha value is -1.64. The molecule has 1 atom stereocenters. The molecule has 1 rings (SSSR count). The molecule has 1 aromatic rings. The lowest BCUT2D eigenvalue weighted by molar-refractivity contribution is -0.150. The zero-order valence-corrected chi connectivity index (χ0v) is 16.2. The Labute approximate surface area is 155 Å². The van der Waals surface area contributed by atoms with Crippen molar-refractivity contribution in [1.29, 1.82) is 0 Å². The van der Waals surface area contributed by atoms with Crippen LogP contribution in [0.2, 0.25) is 0 Å². The third-order valence-electron chi connectivity index (χ3n) is 3.55. The standard InChI is InChI=1S/C17H22INO5/c1-4-23-16(21)17(12-18,10-14-8-6-5-7-9-14)13(2)19-24-11-15(20)22-3/h5-9H,4,10-12H2,1-3H3/b19-13+. The van der Waals surface area contributed by atoms with Crippen LogP contribution >= 0.6 is 22.6 Å². The minimum Gasteiger partial charge on any atom is -0.466 e. The van der Waals surface area contributed by atoms with Crippen molar-refractivity contribution in [3.8, 4) is 0 Å². The minimum absolute atomic E-state index is 0.280. The second kappa shape index (κ2) is 10.3. The fraction of sp³-hybridized carbons (Fsp3) is 0.471. The van der Waals surface area contributed by atoms with Crippen LogP contribution in [0, 0.1) is 5.41 Å². The van der Waals surface area contributed by atoms with E-state index in [2.05, 4.69) is 32.5 Å². The van der Waals surface area contributed by atoms with Gasteiger partial charge in [0.2, 0.25) is 6.61 Å². The Morgan fingerprint density at radius 3 is 2.46 bits per heavy atom. The number of rotatable bonds is 9. The van der Waals surface area contributed by atoms with Gasteiger partial charge in [0.05, 0.1) is 19.4 Å². The number of benzene rings is 1. The summed E-state index contributed by atoms with van der Waals surface area (Å²) in [6.45, 7) is 3.44. The molecule has 0 fully saturated rings. The van der Waals surface area contributed by atoms with Crippen molar-refractivity contribution in [2.24, 2.45) is 10.6 Å². The third-order valence-corrected chi connectivity index (χ3v) is 4.85. The molecule has 1 unspecified atom stereocenters. The lowest BCUT2D eigenvalue weighted by Crippen LogP contribution is -2.43. The number of ether oxygens (including phenoxy) is 2. The topological polar surface area (TPSA) is 74.2 Å². The Morgan fingerprint density at radius 2 is 1.92 bits per heavy atom. The van der Waals surface area contributed by atoms with Crippen LogP contribution in [0.4, 0.5) is 0 Å². The van der Waals surface area contributed by atoms with Crippen molar-refractivity contribution in [1.82, 2.24) is 0 Å². The van der Waals surface area contributed by atoms with Crippen molar-refractivity contribution >= 4 is 40.2 Å². The number of esters is 2. The molecule has 24 heavy (non-hydrogen) atoms. The molecule has 0 saturated carbocycles. The average molecular weight is 447 g/mol. The Morgan fingerprint density at radius 1 is 1.25 bits per heavy atom. The second-order valence-corrected chi connectivity index (χ2v) is 5.89. The van der Waals surface area contributed by atoms with E-state index >= 15 is 0 Å². The highest BCUT2D eigenvalue weighted by Crippen LogP contribution is 2.30. The average Bonchev–Trinajstić information content (AvgIpc) is 2.60. The maximum absolute atomic E-state index is 12.6. The van der Waals surface area contributed by atoms with E-state index in [1.165, 1.54) is 7.11 Å². The van der Waals surface area contributed by atoms with Gasteiger partial charge in [0.25, 0.3) is 0 Å². The van der Waals surface area contributed by atoms with Gasteiger partial charge in [-0.15, -0.1) is 0 Å². The van der Waals surface area contributed by atoms with E-state index in [9.17, 15) is 9.59 Å². The number of oxime groups is 1. The second-order valence-electron chi connectivity index (χ2n) is 5.12. The zero-order valence-electron chi connectivity index (χ0n) is 14.1. The van der Waals surface area contributed by atoms with E-state index in [0.717, 1.165) is 5.56 Å². The molecule has 0 bridgehead atoms. The normalized spacial score (nSPS) is 13.8. The fourth-order valence-corrected chi connectivity index (χ4v) is 3.22. The molecule has 0 amide bonds. The van der Waals surface area contributed by atoms with Gasteiger partial charge in [-0.1, -0.05) is 58.1 Å². The molecular formula is C17H22INO5. The molecule has 0 N–H and O–H groups in total. The van der Waals surface area contributed by atoms with E-state index < -0.39 is 11.4 Å². The van der Waals surface area contributed by atoms with Crippen LogP contribution in [-0.2, 0) is 30.3 Å². The molecule has 132 valence electrons. The molecule has 1 aromatic carbocycles. The summed E-state index contributed by atoms with van der Waals surface area (Å²) in [7, 11) is 1.27. The van der Waals surface area contributed by atoms with Gasteiger partial charge in [-0.25, -0.2) is 4.79 Å². The van der Waals surface area contributed by atoms with Gasteiger partial charge in [-0.2, -0.15) is 0 Å².